The Hall–Kier alpha value is -0.910. The van der Waals surface area contributed by atoms with Gasteiger partial charge in [-0.3, -0.25) is 13.8 Å². The number of nitrogens with two attached hydrogens (primary N) is 1. The SMILES string of the molecule is CCC(C(N)=O)S(=O)C(C)(C)C(=O)O. The second-order valence-corrected chi connectivity index (χ2v) is 5.60. The highest BCUT2D eigenvalue weighted by Gasteiger charge is 2.40. The third-order valence-electron chi connectivity index (χ3n) is 1.96. The van der Waals surface area contributed by atoms with E-state index in [9.17, 15) is 13.8 Å². The molecule has 82 valence electrons. The van der Waals surface area contributed by atoms with Crippen LogP contribution in [0.15, 0.2) is 0 Å². The largest absolute Gasteiger partial charge is 0.480 e. The molecule has 0 aromatic heterocycles. The van der Waals surface area contributed by atoms with E-state index in [1.54, 1.807) is 6.92 Å². The zero-order valence-electron chi connectivity index (χ0n) is 8.44. The Morgan fingerprint density at radius 2 is 1.93 bits per heavy atom. The van der Waals surface area contributed by atoms with Crippen LogP contribution < -0.4 is 5.73 Å². The lowest BCUT2D eigenvalue weighted by atomic mass is 10.2. The molecule has 0 saturated carbocycles. The van der Waals surface area contributed by atoms with Crippen LogP contribution in [0.4, 0.5) is 0 Å². The number of carboxylic acids is 1. The Balaban J connectivity index is 4.93. The van der Waals surface area contributed by atoms with Gasteiger partial charge in [-0.1, -0.05) is 6.92 Å². The van der Waals surface area contributed by atoms with Crippen molar-refractivity contribution in [2.75, 3.05) is 0 Å². The predicted molar refractivity (Wildman–Crippen MR) is 53.1 cm³/mol. The normalized spacial score (nSPS) is 15.9. The molecule has 0 saturated heterocycles. The van der Waals surface area contributed by atoms with Gasteiger partial charge in [0, 0.05) is 0 Å². The number of primary amides is 1. The van der Waals surface area contributed by atoms with Crippen LogP contribution in [0.2, 0.25) is 0 Å². The fourth-order valence-corrected chi connectivity index (χ4v) is 2.30. The van der Waals surface area contributed by atoms with Gasteiger partial charge in [0.05, 0.1) is 10.8 Å². The molecule has 2 unspecified atom stereocenters. The van der Waals surface area contributed by atoms with Crippen LogP contribution in [-0.4, -0.2) is 31.2 Å². The molecule has 0 spiro atoms. The lowest BCUT2D eigenvalue weighted by Crippen LogP contribution is -2.45. The average Bonchev–Trinajstić information content (AvgIpc) is 2.04. The van der Waals surface area contributed by atoms with Gasteiger partial charge in [-0.05, 0) is 20.3 Å². The Morgan fingerprint density at radius 1 is 1.50 bits per heavy atom. The first-order chi connectivity index (χ1) is 6.25. The average molecular weight is 221 g/mol. The molecule has 0 aromatic rings. The van der Waals surface area contributed by atoms with Crippen molar-refractivity contribution in [3.8, 4) is 0 Å². The van der Waals surface area contributed by atoms with E-state index in [1.807, 2.05) is 0 Å². The molecule has 5 nitrogen and oxygen atoms in total. The summed E-state index contributed by atoms with van der Waals surface area (Å²) < 4.78 is 10.3. The number of rotatable bonds is 5. The Morgan fingerprint density at radius 3 is 2.14 bits per heavy atom. The van der Waals surface area contributed by atoms with Crippen molar-refractivity contribution in [2.24, 2.45) is 5.73 Å². The molecule has 0 aliphatic carbocycles. The highest BCUT2D eigenvalue weighted by molar-refractivity contribution is 7.88. The highest BCUT2D eigenvalue weighted by atomic mass is 32.2. The molecule has 2 atom stereocenters. The fraction of sp³-hybridized carbons (Fsp3) is 0.750. The lowest BCUT2D eigenvalue weighted by Gasteiger charge is -2.22. The van der Waals surface area contributed by atoms with Crippen LogP contribution in [0.3, 0.4) is 0 Å². The summed E-state index contributed by atoms with van der Waals surface area (Å²) in [5.74, 6) is -1.92. The number of carbonyl (C=O) groups is 2. The first-order valence-corrected chi connectivity index (χ1v) is 5.39. The second-order valence-electron chi connectivity index (χ2n) is 3.41. The summed E-state index contributed by atoms with van der Waals surface area (Å²) in [6, 6.07) is 0. The Kier molecular flexibility index (Phi) is 4.25. The van der Waals surface area contributed by atoms with Gasteiger partial charge in [0.25, 0.3) is 0 Å². The summed E-state index contributed by atoms with van der Waals surface area (Å²) in [7, 11) is -1.80. The Labute approximate surface area is 85.1 Å². The molecule has 1 amide bonds. The van der Waals surface area contributed by atoms with Gasteiger partial charge in [-0.25, -0.2) is 0 Å². The summed E-state index contributed by atoms with van der Waals surface area (Å²) in [4.78, 5) is 21.6. The van der Waals surface area contributed by atoms with Gasteiger partial charge in [0.15, 0.2) is 0 Å². The van der Waals surface area contributed by atoms with Crippen LogP contribution in [0.1, 0.15) is 27.2 Å². The molecule has 0 rings (SSSR count). The monoisotopic (exact) mass is 221 g/mol. The van der Waals surface area contributed by atoms with Crippen LogP contribution in [-0.2, 0) is 20.4 Å². The van der Waals surface area contributed by atoms with E-state index in [0.29, 0.717) is 0 Å². The second kappa shape index (κ2) is 4.54. The smallest absolute Gasteiger partial charge is 0.321 e. The van der Waals surface area contributed by atoms with Crippen LogP contribution in [0.5, 0.6) is 0 Å². The number of aliphatic carboxylic acids is 1. The first-order valence-electron chi connectivity index (χ1n) is 4.18. The number of hydrogen-bond acceptors (Lipinski definition) is 3. The molecule has 14 heavy (non-hydrogen) atoms. The zero-order chi connectivity index (χ0) is 11.5. The van der Waals surface area contributed by atoms with Crippen molar-refractivity contribution >= 4 is 22.7 Å². The van der Waals surface area contributed by atoms with Crippen LogP contribution in [0, 0.1) is 0 Å². The maximum atomic E-state index is 11.7. The third kappa shape index (κ3) is 2.54. The lowest BCUT2D eigenvalue weighted by molar-refractivity contribution is -0.139. The summed E-state index contributed by atoms with van der Waals surface area (Å²) in [5, 5.41) is 7.89. The minimum Gasteiger partial charge on any atom is -0.480 e. The summed E-state index contributed by atoms with van der Waals surface area (Å²) >= 11 is 0. The molecule has 0 fully saturated rings. The third-order valence-corrected chi connectivity index (χ3v) is 4.23. The van der Waals surface area contributed by atoms with E-state index >= 15 is 0 Å². The van der Waals surface area contributed by atoms with E-state index in [0.717, 1.165) is 0 Å². The van der Waals surface area contributed by atoms with Crippen LogP contribution in [0.25, 0.3) is 0 Å². The number of carbonyl (C=O) groups excluding carboxylic acids is 1. The van der Waals surface area contributed by atoms with Gasteiger partial charge >= 0.3 is 5.97 Å². The number of hydrogen-bond donors (Lipinski definition) is 2. The molecule has 0 heterocycles. The van der Waals surface area contributed by atoms with Gasteiger partial charge in [0.1, 0.15) is 10.00 Å². The molecule has 6 heteroatoms. The molecule has 0 radical (unpaired) electrons. The highest BCUT2D eigenvalue weighted by Crippen LogP contribution is 2.19. The fourth-order valence-electron chi connectivity index (χ4n) is 0.900. The van der Waals surface area contributed by atoms with Crippen molar-refractivity contribution in [3.05, 3.63) is 0 Å². The maximum absolute atomic E-state index is 11.7. The minimum absolute atomic E-state index is 0.276. The Bertz CT molecular complexity index is 275. The van der Waals surface area contributed by atoms with E-state index < -0.39 is 32.7 Å². The van der Waals surface area contributed by atoms with Crippen molar-refractivity contribution in [2.45, 2.75) is 37.2 Å². The molecular weight excluding hydrogens is 206 g/mol. The van der Waals surface area contributed by atoms with Gasteiger partial charge in [-0.2, -0.15) is 0 Å². The first kappa shape index (κ1) is 13.1. The van der Waals surface area contributed by atoms with E-state index in [-0.39, 0.29) is 6.42 Å². The van der Waals surface area contributed by atoms with E-state index in [1.165, 1.54) is 13.8 Å². The zero-order valence-corrected chi connectivity index (χ0v) is 9.26. The number of amides is 1. The molecule has 0 aromatic carbocycles. The quantitative estimate of drug-likeness (QED) is 0.675. The summed E-state index contributed by atoms with van der Waals surface area (Å²) in [6.45, 7) is 4.28. The molecule has 0 aliphatic heterocycles. The number of carboxylic acid groups (broad SMARTS) is 1. The van der Waals surface area contributed by atoms with Crippen molar-refractivity contribution in [3.63, 3.8) is 0 Å². The maximum Gasteiger partial charge on any atom is 0.321 e. The van der Waals surface area contributed by atoms with Gasteiger partial charge in [0.2, 0.25) is 5.91 Å². The predicted octanol–water partition coefficient (Wildman–Crippen LogP) is -0.138. The van der Waals surface area contributed by atoms with Crippen LogP contribution >= 0.6 is 0 Å². The topological polar surface area (TPSA) is 97.5 Å². The van der Waals surface area contributed by atoms with Crippen molar-refractivity contribution in [1.29, 1.82) is 0 Å². The minimum atomic E-state index is -1.80. The van der Waals surface area contributed by atoms with Crippen molar-refractivity contribution in [1.82, 2.24) is 0 Å². The van der Waals surface area contributed by atoms with E-state index in [2.05, 4.69) is 0 Å². The summed E-state index contributed by atoms with van der Waals surface area (Å²) in [6.07, 6.45) is 0.276. The molecule has 0 aliphatic rings. The van der Waals surface area contributed by atoms with Gasteiger partial charge in [-0.15, -0.1) is 0 Å². The summed E-state index contributed by atoms with van der Waals surface area (Å²) in [5.41, 5.74) is 5.02. The molecule has 0 bridgehead atoms. The molecular formula is C8H15NO4S. The molecule has 3 N–H and O–H groups in total. The van der Waals surface area contributed by atoms with E-state index in [4.69, 9.17) is 10.8 Å². The van der Waals surface area contributed by atoms with Gasteiger partial charge < -0.3 is 10.8 Å². The van der Waals surface area contributed by atoms with Crippen molar-refractivity contribution < 1.29 is 18.9 Å². The standard InChI is InChI=1S/C8H15NO4S/c1-4-5(6(9)10)14(13)8(2,3)7(11)12/h5H,4H2,1-3H3,(H2,9,10)(H,11,12).